The summed E-state index contributed by atoms with van der Waals surface area (Å²) < 4.78 is 20.7. The van der Waals surface area contributed by atoms with Gasteiger partial charge in [0.05, 0.1) is 6.61 Å². The Morgan fingerprint density at radius 3 is 2.60 bits per heavy atom. The van der Waals surface area contributed by atoms with Crippen LogP contribution in [0, 0.1) is 11.7 Å². The monoisotopic (exact) mass is 336 g/mol. The molecule has 0 aliphatic rings. The van der Waals surface area contributed by atoms with Crippen LogP contribution in [-0.4, -0.2) is 6.61 Å². The minimum Gasteiger partial charge on any atom is -0.493 e. The zero-order valence-electron chi connectivity index (χ0n) is 11.7. The van der Waals surface area contributed by atoms with E-state index in [1.807, 2.05) is 30.3 Å². The third-order valence-electron chi connectivity index (χ3n) is 3.33. The molecule has 1 nitrogen and oxygen atoms in total. The van der Waals surface area contributed by atoms with Crippen LogP contribution in [-0.2, 0) is 0 Å². The fourth-order valence-corrected chi connectivity index (χ4v) is 2.21. The van der Waals surface area contributed by atoms with Gasteiger partial charge in [-0.25, -0.2) is 4.39 Å². The van der Waals surface area contributed by atoms with Gasteiger partial charge in [0.2, 0.25) is 0 Å². The standard InChI is InChI=1S/C17H18BrFO/c1-3-12(2)11-20-17-7-5-4-6-15(17)14-9-8-13(18)10-16(14)19/h4-10,12H,3,11H2,1-2H3. The second kappa shape index (κ2) is 6.89. The molecule has 0 bridgehead atoms. The van der Waals surface area contributed by atoms with Crippen molar-refractivity contribution in [1.29, 1.82) is 0 Å². The summed E-state index contributed by atoms with van der Waals surface area (Å²) in [5.74, 6) is 0.964. The van der Waals surface area contributed by atoms with Crippen LogP contribution in [0.5, 0.6) is 5.75 Å². The highest BCUT2D eigenvalue weighted by Gasteiger charge is 2.11. The van der Waals surface area contributed by atoms with E-state index in [-0.39, 0.29) is 5.82 Å². The highest BCUT2D eigenvalue weighted by Crippen LogP contribution is 2.33. The minimum absolute atomic E-state index is 0.251. The van der Waals surface area contributed by atoms with E-state index in [4.69, 9.17) is 4.74 Å². The number of para-hydroxylation sites is 1. The van der Waals surface area contributed by atoms with E-state index in [0.29, 0.717) is 18.1 Å². The van der Waals surface area contributed by atoms with Gasteiger partial charge in [0.1, 0.15) is 11.6 Å². The van der Waals surface area contributed by atoms with Gasteiger partial charge in [-0.1, -0.05) is 60.5 Å². The smallest absolute Gasteiger partial charge is 0.132 e. The zero-order chi connectivity index (χ0) is 14.5. The Hall–Kier alpha value is -1.35. The molecule has 2 aromatic carbocycles. The van der Waals surface area contributed by atoms with E-state index in [2.05, 4.69) is 29.8 Å². The van der Waals surface area contributed by atoms with E-state index in [1.54, 1.807) is 6.07 Å². The summed E-state index contributed by atoms with van der Waals surface area (Å²) in [6, 6.07) is 12.7. The maximum atomic E-state index is 14.1. The van der Waals surface area contributed by atoms with E-state index >= 15 is 0 Å². The van der Waals surface area contributed by atoms with E-state index in [0.717, 1.165) is 22.2 Å². The molecule has 0 fully saturated rings. The molecule has 0 N–H and O–H groups in total. The number of halogens is 2. The maximum absolute atomic E-state index is 14.1. The van der Waals surface area contributed by atoms with Crippen LogP contribution in [0.4, 0.5) is 4.39 Å². The van der Waals surface area contributed by atoms with Gasteiger partial charge in [-0.15, -0.1) is 0 Å². The molecule has 0 radical (unpaired) electrons. The van der Waals surface area contributed by atoms with Crippen molar-refractivity contribution >= 4 is 15.9 Å². The lowest BCUT2D eigenvalue weighted by atomic mass is 10.0. The highest BCUT2D eigenvalue weighted by atomic mass is 79.9. The number of rotatable bonds is 5. The minimum atomic E-state index is -0.251. The van der Waals surface area contributed by atoms with Gasteiger partial charge in [0, 0.05) is 15.6 Å². The topological polar surface area (TPSA) is 9.23 Å². The summed E-state index contributed by atoms with van der Waals surface area (Å²) in [6.07, 6.45) is 1.06. The molecule has 0 aromatic heterocycles. The fourth-order valence-electron chi connectivity index (χ4n) is 1.87. The molecule has 1 unspecified atom stereocenters. The Balaban J connectivity index is 2.32. The lowest BCUT2D eigenvalue weighted by Gasteiger charge is -2.15. The normalized spacial score (nSPS) is 12.2. The maximum Gasteiger partial charge on any atom is 0.132 e. The quantitative estimate of drug-likeness (QED) is 0.682. The molecule has 2 rings (SSSR count). The average molecular weight is 337 g/mol. The second-order valence-electron chi connectivity index (χ2n) is 4.94. The van der Waals surface area contributed by atoms with Gasteiger partial charge in [-0.3, -0.25) is 0 Å². The van der Waals surface area contributed by atoms with Crippen molar-refractivity contribution in [1.82, 2.24) is 0 Å². The van der Waals surface area contributed by atoms with Crippen LogP contribution in [0.1, 0.15) is 20.3 Å². The summed E-state index contributed by atoms with van der Waals surface area (Å²) in [7, 11) is 0. The summed E-state index contributed by atoms with van der Waals surface area (Å²) in [4.78, 5) is 0. The van der Waals surface area contributed by atoms with Crippen LogP contribution in [0.25, 0.3) is 11.1 Å². The molecule has 0 aliphatic carbocycles. The summed E-state index contributed by atoms with van der Waals surface area (Å²) in [6.45, 7) is 4.92. The highest BCUT2D eigenvalue weighted by molar-refractivity contribution is 9.10. The molecule has 106 valence electrons. The second-order valence-corrected chi connectivity index (χ2v) is 5.86. The van der Waals surface area contributed by atoms with Crippen LogP contribution < -0.4 is 4.74 Å². The Kier molecular flexibility index (Phi) is 5.18. The SMILES string of the molecule is CCC(C)COc1ccccc1-c1ccc(Br)cc1F. The largest absolute Gasteiger partial charge is 0.493 e. The van der Waals surface area contributed by atoms with Gasteiger partial charge in [-0.2, -0.15) is 0 Å². The number of hydrogen-bond donors (Lipinski definition) is 0. The molecule has 0 saturated heterocycles. The number of ether oxygens (including phenoxy) is 1. The molecule has 2 aromatic rings. The lowest BCUT2D eigenvalue weighted by molar-refractivity contribution is 0.257. The lowest BCUT2D eigenvalue weighted by Crippen LogP contribution is -2.07. The van der Waals surface area contributed by atoms with Crippen molar-refractivity contribution in [2.45, 2.75) is 20.3 Å². The van der Waals surface area contributed by atoms with Gasteiger partial charge in [0.15, 0.2) is 0 Å². The average Bonchev–Trinajstić information content (AvgIpc) is 2.45. The van der Waals surface area contributed by atoms with E-state index < -0.39 is 0 Å². The van der Waals surface area contributed by atoms with Crippen LogP contribution in [0.3, 0.4) is 0 Å². The van der Waals surface area contributed by atoms with Gasteiger partial charge >= 0.3 is 0 Å². The summed E-state index contributed by atoms with van der Waals surface area (Å²) in [5.41, 5.74) is 1.36. The Labute approximate surface area is 127 Å². The van der Waals surface area contributed by atoms with Crippen molar-refractivity contribution in [2.75, 3.05) is 6.61 Å². The van der Waals surface area contributed by atoms with E-state index in [1.165, 1.54) is 6.07 Å². The van der Waals surface area contributed by atoms with Gasteiger partial charge < -0.3 is 4.74 Å². The number of hydrogen-bond acceptors (Lipinski definition) is 1. The molecule has 0 heterocycles. The van der Waals surface area contributed by atoms with Crippen LogP contribution in [0.2, 0.25) is 0 Å². The van der Waals surface area contributed by atoms with E-state index in [9.17, 15) is 4.39 Å². The first-order valence-corrected chi connectivity index (χ1v) is 7.58. The Bertz CT molecular complexity index is 583. The van der Waals surface area contributed by atoms with Crippen molar-refractivity contribution in [3.05, 3.63) is 52.8 Å². The fraction of sp³-hybridized carbons (Fsp3) is 0.294. The first-order valence-electron chi connectivity index (χ1n) is 6.79. The first-order chi connectivity index (χ1) is 9.61. The van der Waals surface area contributed by atoms with Gasteiger partial charge in [-0.05, 0) is 24.1 Å². The Morgan fingerprint density at radius 1 is 1.15 bits per heavy atom. The van der Waals surface area contributed by atoms with Crippen molar-refractivity contribution < 1.29 is 9.13 Å². The molecule has 0 aliphatic heterocycles. The third-order valence-corrected chi connectivity index (χ3v) is 3.82. The summed E-state index contributed by atoms with van der Waals surface area (Å²) >= 11 is 3.28. The first kappa shape index (κ1) is 15.0. The molecule has 20 heavy (non-hydrogen) atoms. The number of benzene rings is 2. The van der Waals surface area contributed by atoms with Crippen LogP contribution in [0.15, 0.2) is 46.9 Å². The predicted molar refractivity (Wildman–Crippen MR) is 84.5 cm³/mol. The van der Waals surface area contributed by atoms with Crippen molar-refractivity contribution in [3.8, 4) is 16.9 Å². The zero-order valence-corrected chi connectivity index (χ0v) is 13.3. The van der Waals surface area contributed by atoms with Crippen molar-refractivity contribution in [2.24, 2.45) is 5.92 Å². The predicted octanol–water partition coefficient (Wildman–Crippen LogP) is 5.68. The molecular formula is C17H18BrFO. The molecular weight excluding hydrogens is 319 g/mol. The molecule has 0 amide bonds. The molecule has 0 spiro atoms. The third kappa shape index (κ3) is 3.60. The Morgan fingerprint density at radius 2 is 1.90 bits per heavy atom. The molecule has 3 heteroatoms. The molecule has 1 atom stereocenters. The van der Waals surface area contributed by atoms with Crippen LogP contribution >= 0.6 is 15.9 Å². The van der Waals surface area contributed by atoms with Gasteiger partial charge in [0.25, 0.3) is 0 Å². The van der Waals surface area contributed by atoms with Crippen molar-refractivity contribution in [3.63, 3.8) is 0 Å². The summed E-state index contributed by atoms with van der Waals surface area (Å²) in [5, 5.41) is 0. The molecule has 0 saturated carbocycles.